The fraction of sp³-hybridized carbons (Fsp3) is 0.0526. The Morgan fingerprint density at radius 1 is 1.04 bits per heavy atom. The molecule has 6 nitrogen and oxygen atoms in total. The van der Waals surface area contributed by atoms with Gasteiger partial charge in [0.25, 0.3) is 0 Å². The van der Waals surface area contributed by atoms with Crippen molar-refractivity contribution in [1.82, 2.24) is 19.4 Å². The topological polar surface area (TPSA) is 92.9 Å². The molecule has 0 fully saturated rings. The van der Waals surface area contributed by atoms with Crippen molar-refractivity contribution in [3.8, 4) is 28.6 Å². The molecule has 0 spiro atoms. The summed E-state index contributed by atoms with van der Waals surface area (Å²) >= 11 is 0. The highest BCUT2D eigenvalue weighted by molar-refractivity contribution is 5.79. The van der Waals surface area contributed by atoms with Gasteiger partial charge in [-0.05, 0) is 43.3 Å². The van der Waals surface area contributed by atoms with Crippen molar-refractivity contribution in [3.63, 3.8) is 0 Å². The number of aromatic nitrogens is 4. The molecule has 2 N–H and O–H groups in total. The van der Waals surface area contributed by atoms with Gasteiger partial charge in [-0.25, -0.2) is 19.3 Å². The SMILES string of the molecule is Cc1cnc2ccc(-c3nc(C#N)c(N)nc3-c3ccc(F)cc3)cn12. The van der Waals surface area contributed by atoms with Gasteiger partial charge in [-0.15, -0.1) is 0 Å². The Balaban J connectivity index is 1.99. The monoisotopic (exact) mass is 344 g/mol. The van der Waals surface area contributed by atoms with E-state index >= 15 is 0 Å². The van der Waals surface area contributed by atoms with Crippen LogP contribution in [0.15, 0.2) is 48.8 Å². The Kier molecular flexibility index (Phi) is 3.59. The first-order valence-electron chi connectivity index (χ1n) is 7.84. The molecule has 1 aromatic carbocycles. The largest absolute Gasteiger partial charge is 0.381 e. The summed E-state index contributed by atoms with van der Waals surface area (Å²) in [6, 6.07) is 11.6. The summed E-state index contributed by atoms with van der Waals surface area (Å²) in [5, 5.41) is 9.27. The quantitative estimate of drug-likeness (QED) is 0.602. The highest BCUT2D eigenvalue weighted by Gasteiger charge is 2.16. The molecule has 0 saturated heterocycles. The van der Waals surface area contributed by atoms with Crippen molar-refractivity contribution in [2.24, 2.45) is 0 Å². The number of nitrogens with zero attached hydrogens (tertiary/aromatic N) is 5. The van der Waals surface area contributed by atoms with Crippen molar-refractivity contribution >= 4 is 11.5 Å². The van der Waals surface area contributed by atoms with Crippen LogP contribution < -0.4 is 5.73 Å². The number of halogens is 1. The Bertz CT molecular complexity index is 1170. The van der Waals surface area contributed by atoms with Crippen molar-refractivity contribution in [2.45, 2.75) is 6.92 Å². The van der Waals surface area contributed by atoms with E-state index < -0.39 is 0 Å². The van der Waals surface area contributed by atoms with Crippen LogP contribution in [0.25, 0.3) is 28.2 Å². The molecular weight excluding hydrogens is 331 g/mol. The lowest BCUT2D eigenvalue weighted by Crippen LogP contribution is -2.03. The van der Waals surface area contributed by atoms with E-state index in [9.17, 15) is 9.65 Å². The molecule has 0 aliphatic carbocycles. The third-order valence-electron chi connectivity index (χ3n) is 4.11. The zero-order chi connectivity index (χ0) is 18.3. The van der Waals surface area contributed by atoms with Gasteiger partial charge in [0, 0.05) is 29.2 Å². The van der Waals surface area contributed by atoms with E-state index in [-0.39, 0.29) is 17.3 Å². The zero-order valence-electron chi connectivity index (χ0n) is 13.8. The van der Waals surface area contributed by atoms with Crippen LogP contribution in [0.3, 0.4) is 0 Å². The molecule has 4 aromatic rings. The second kappa shape index (κ2) is 5.93. The van der Waals surface area contributed by atoms with E-state index in [0.29, 0.717) is 17.0 Å². The zero-order valence-corrected chi connectivity index (χ0v) is 13.8. The molecule has 0 atom stereocenters. The maximum Gasteiger partial charge on any atom is 0.183 e. The molecular formula is C19H13FN6. The van der Waals surface area contributed by atoms with Gasteiger partial charge in [-0.3, -0.25) is 0 Å². The van der Waals surface area contributed by atoms with E-state index in [4.69, 9.17) is 5.73 Å². The highest BCUT2D eigenvalue weighted by atomic mass is 19.1. The van der Waals surface area contributed by atoms with Gasteiger partial charge in [0.1, 0.15) is 17.5 Å². The van der Waals surface area contributed by atoms with E-state index in [1.165, 1.54) is 12.1 Å². The van der Waals surface area contributed by atoms with Crippen molar-refractivity contribution in [2.75, 3.05) is 5.73 Å². The first kappa shape index (κ1) is 15.7. The first-order valence-corrected chi connectivity index (χ1v) is 7.84. The Morgan fingerprint density at radius 2 is 1.73 bits per heavy atom. The summed E-state index contributed by atoms with van der Waals surface area (Å²) in [6.07, 6.45) is 3.65. The lowest BCUT2D eigenvalue weighted by atomic mass is 10.0. The Morgan fingerprint density at radius 3 is 2.46 bits per heavy atom. The summed E-state index contributed by atoms with van der Waals surface area (Å²) in [5.41, 5.74) is 10.1. The molecule has 0 saturated carbocycles. The Hall–Kier alpha value is -3.79. The van der Waals surface area contributed by atoms with E-state index in [2.05, 4.69) is 15.0 Å². The number of nitrogen functional groups attached to an aromatic ring is 1. The standard InChI is InChI=1S/C19H13FN6/c1-11-9-23-16-7-4-13(10-26(11)16)18-17(12-2-5-14(20)6-3-12)25-19(22)15(8-21)24-18/h2-7,9-10H,1H3,(H2,22,25). The fourth-order valence-corrected chi connectivity index (χ4v) is 2.78. The molecule has 0 amide bonds. The van der Waals surface area contributed by atoms with Crippen LogP contribution in [0, 0.1) is 24.1 Å². The van der Waals surface area contributed by atoms with Crippen LogP contribution in [0.5, 0.6) is 0 Å². The third kappa shape index (κ3) is 2.54. The van der Waals surface area contributed by atoms with Crippen LogP contribution in [0.2, 0.25) is 0 Å². The lowest BCUT2D eigenvalue weighted by Gasteiger charge is -2.11. The molecule has 4 rings (SSSR count). The molecule has 0 bridgehead atoms. The van der Waals surface area contributed by atoms with Gasteiger partial charge in [-0.1, -0.05) is 0 Å². The minimum atomic E-state index is -0.347. The van der Waals surface area contributed by atoms with Gasteiger partial charge in [0.2, 0.25) is 0 Å². The van der Waals surface area contributed by atoms with Crippen molar-refractivity contribution < 1.29 is 4.39 Å². The van der Waals surface area contributed by atoms with Gasteiger partial charge in [0.05, 0.1) is 11.4 Å². The molecule has 126 valence electrons. The summed E-state index contributed by atoms with van der Waals surface area (Å²) in [6.45, 7) is 1.94. The summed E-state index contributed by atoms with van der Waals surface area (Å²) in [4.78, 5) is 13.1. The molecule has 7 heteroatoms. The molecule has 0 aliphatic rings. The number of imidazole rings is 1. The molecule has 3 heterocycles. The van der Waals surface area contributed by atoms with Crippen LogP contribution in [-0.4, -0.2) is 19.4 Å². The number of nitriles is 1. The molecule has 0 radical (unpaired) electrons. The summed E-state index contributed by atoms with van der Waals surface area (Å²) in [7, 11) is 0. The predicted molar refractivity (Wildman–Crippen MR) is 95.5 cm³/mol. The number of benzene rings is 1. The predicted octanol–water partition coefficient (Wildman–Crippen LogP) is 3.36. The number of nitrogens with two attached hydrogens (primary N) is 1. The van der Waals surface area contributed by atoms with Crippen LogP contribution in [-0.2, 0) is 0 Å². The summed E-state index contributed by atoms with van der Waals surface area (Å²) in [5.74, 6) is -0.309. The highest BCUT2D eigenvalue weighted by Crippen LogP contribution is 2.31. The molecule has 0 unspecified atom stereocenters. The molecule has 26 heavy (non-hydrogen) atoms. The smallest absolute Gasteiger partial charge is 0.183 e. The second-order valence-electron chi connectivity index (χ2n) is 5.82. The summed E-state index contributed by atoms with van der Waals surface area (Å²) < 4.78 is 15.2. The van der Waals surface area contributed by atoms with Gasteiger partial charge >= 0.3 is 0 Å². The maximum atomic E-state index is 13.3. The van der Waals surface area contributed by atoms with E-state index in [0.717, 1.165) is 16.9 Å². The lowest BCUT2D eigenvalue weighted by molar-refractivity contribution is 0.628. The number of hydrogen-bond acceptors (Lipinski definition) is 5. The van der Waals surface area contributed by atoms with Gasteiger partial charge in [-0.2, -0.15) is 5.26 Å². The average molecular weight is 344 g/mol. The van der Waals surface area contributed by atoms with Crippen LogP contribution in [0.4, 0.5) is 10.2 Å². The Labute approximate surface area is 148 Å². The number of pyridine rings is 1. The number of fused-ring (bicyclic) bond motifs is 1. The minimum Gasteiger partial charge on any atom is -0.381 e. The maximum absolute atomic E-state index is 13.3. The normalized spacial score (nSPS) is 10.8. The molecule has 0 aliphatic heterocycles. The van der Waals surface area contributed by atoms with Crippen LogP contribution in [0.1, 0.15) is 11.4 Å². The first-order chi connectivity index (χ1) is 12.6. The number of rotatable bonds is 2. The number of anilines is 1. The second-order valence-corrected chi connectivity index (χ2v) is 5.82. The van der Waals surface area contributed by atoms with Crippen molar-refractivity contribution in [1.29, 1.82) is 5.26 Å². The van der Waals surface area contributed by atoms with Crippen LogP contribution >= 0.6 is 0 Å². The number of hydrogen-bond donors (Lipinski definition) is 1. The number of aryl methyl sites for hydroxylation is 1. The van der Waals surface area contributed by atoms with E-state index in [1.807, 2.05) is 35.7 Å². The average Bonchev–Trinajstić information content (AvgIpc) is 3.02. The van der Waals surface area contributed by atoms with Gasteiger partial charge in [0.15, 0.2) is 11.5 Å². The van der Waals surface area contributed by atoms with Gasteiger partial charge < -0.3 is 10.1 Å². The third-order valence-corrected chi connectivity index (χ3v) is 4.11. The van der Waals surface area contributed by atoms with E-state index in [1.54, 1.807) is 18.3 Å². The fourth-order valence-electron chi connectivity index (χ4n) is 2.78. The van der Waals surface area contributed by atoms with Crippen molar-refractivity contribution in [3.05, 3.63) is 66.0 Å². The minimum absolute atomic E-state index is 0.0375. The molecule has 3 aromatic heterocycles.